The molecule has 2 aromatic heterocycles. The van der Waals surface area contributed by atoms with Crippen LogP contribution in [-0.4, -0.2) is 87.4 Å². The monoisotopic (exact) mass is 939 g/mol. The van der Waals surface area contributed by atoms with Gasteiger partial charge in [0.25, 0.3) is 5.91 Å². The number of nitrogens with one attached hydrogen (secondary N) is 6. The second kappa shape index (κ2) is 22.9. The second-order valence-corrected chi connectivity index (χ2v) is 17.3. The molecule has 7 N–H and O–H groups in total. The molecule has 356 valence electrons. The molecule has 0 aliphatic carbocycles. The fraction of sp³-hybridized carbons (Fsp3) is 0.218. The van der Waals surface area contributed by atoms with Gasteiger partial charge in [0.1, 0.15) is 36.0 Å². The van der Waals surface area contributed by atoms with Crippen molar-refractivity contribution in [1.82, 2.24) is 36.6 Å². The summed E-state index contributed by atoms with van der Waals surface area (Å²) >= 11 is 0. The molecule has 9 rings (SSSR count). The van der Waals surface area contributed by atoms with Crippen LogP contribution in [-0.2, 0) is 60.9 Å². The van der Waals surface area contributed by atoms with Gasteiger partial charge in [0, 0.05) is 55.2 Å². The minimum atomic E-state index is -1.32. The zero-order valence-electron chi connectivity index (χ0n) is 38.2. The number of amides is 5. The lowest BCUT2D eigenvalue weighted by molar-refractivity contribution is -0.142. The van der Waals surface area contributed by atoms with E-state index in [1.807, 2.05) is 109 Å². The van der Waals surface area contributed by atoms with Gasteiger partial charge in [0.15, 0.2) is 6.61 Å². The van der Waals surface area contributed by atoms with E-state index in [2.05, 4.69) is 36.6 Å². The predicted octanol–water partition coefficient (Wildman–Crippen LogP) is 5.03. The Labute approximate surface area is 404 Å². The molecule has 0 saturated heterocycles. The van der Waals surface area contributed by atoms with Gasteiger partial charge in [-0.1, -0.05) is 115 Å². The summed E-state index contributed by atoms with van der Waals surface area (Å²) in [6.07, 6.45) is 5.27. The van der Waals surface area contributed by atoms with Crippen LogP contribution in [0.1, 0.15) is 34.2 Å². The first kappa shape index (κ1) is 47.9. The maximum atomic E-state index is 14.9. The number of hydrogen-bond donors (Lipinski definition) is 7. The Balaban J connectivity index is 1.14. The van der Waals surface area contributed by atoms with Crippen molar-refractivity contribution in [3.05, 3.63) is 192 Å². The third-order valence-electron chi connectivity index (χ3n) is 12.3. The molecule has 0 radical (unpaired) electrons. The molecule has 2 bridgehead atoms. The molecule has 15 nitrogen and oxygen atoms in total. The van der Waals surface area contributed by atoms with Crippen LogP contribution in [0.15, 0.2) is 164 Å². The molecule has 4 heterocycles. The number of nitrogens with zero attached hydrogens (tertiary/aromatic N) is 1. The molecule has 5 aromatic carbocycles. The summed E-state index contributed by atoms with van der Waals surface area (Å²) in [7, 11) is 0. The van der Waals surface area contributed by atoms with Crippen LogP contribution in [0.4, 0.5) is 0 Å². The zero-order chi connectivity index (χ0) is 48.8. The van der Waals surface area contributed by atoms with Crippen LogP contribution in [0.25, 0.3) is 22.0 Å². The number of para-hydroxylation sites is 1. The van der Waals surface area contributed by atoms with E-state index < -0.39 is 72.3 Å². The average Bonchev–Trinajstić information content (AvgIpc) is 3.79. The molecule has 15 heteroatoms. The fourth-order valence-corrected chi connectivity index (χ4v) is 8.46. The molecule has 0 unspecified atom stereocenters. The molecule has 2 aliphatic rings. The van der Waals surface area contributed by atoms with E-state index in [1.165, 1.54) is 0 Å². The van der Waals surface area contributed by atoms with Crippen molar-refractivity contribution in [2.24, 2.45) is 0 Å². The molecular formula is C55H53N7O8. The Morgan fingerprint density at radius 2 is 1.21 bits per heavy atom. The van der Waals surface area contributed by atoms with Crippen molar-refractivity contribution >= 4 is 46.4 Å². The molecule has 0 saturated carbocycles. The Morgan fingerprint density at radius 3 is 1.90 bits per heavy atom. The highest BCUT2D eigenvalue weighted by molar-refractivity contribution is 5.97. The molecule has 7 aromatic rings. The third kappa shape index (κ3) is 12.9. The van der Waals surface area contributed by atoms with Crippen LogP contribution in [0, 0.1) is 0 Å². The van der Waals surface area contributed by atoms with Crippen molar-refractivity contribution in [3.63, 3.8) is 0 Å². The van der Waals surface area contributed by atoms with Crippen LogP contribution >= 0.6 is 0 Å². The van der Waals surface area contributed by atoms with Gasteiger partial charge in [-0.15, -0.1) is 0 Å². The summed E-state index contributed by atoms with van der Waals surface area (Å²) in [6, 6.07) is 37.7. The number of ether oxygens (including phenoxy) is 1. The number of H-pyrrole nitrogens is 1. The quantitative estimate of drug-likeness (QED) is 0.0770. The molecule has 5 amide bonds. The van der Waals surface area contributed by atoms with Gasteiger partial charge in [-0.3, -0.25) is 29.0 Å². The maximum absolute atomic E-state index is 14.9. The molecule has 0 fully saturated rings. The number of carboxylic acids is 1. The van der Waals surface area contributed by atoms with Crippen molar-refractivity contribution < 1.29 is 38.6 Å². The van der Waals surface area contributed by atoms with Gasteiger partial charge >= 0.3 is 5.97 Å². The van der Waals surface area contributed by atoms with Crippen LogP contribution < -0.4 is 31.3 Å². The first-order valence-corrected chi connectivity index (χ1v) is 23.1. The topological polar surface area (TPSA) is 221 Å². The Hall–Kier alpha value is -8.59. The summed E-state index contributed by atoms with van der Waals surface area (Å²) in [5, 5.41) is 25.1. The van der Waals surface area contributed by atoms with Gasteiger partial charge in [-0.25, -0.2) is 4.79 Å². The number of aromatic amines is 1. The van der Waals surface area contributed by atoms with E-state index in [0.717, 1.165) is 27.6 Å². The summed E-state index contributed by atoms with van der Waals surface area (Å²) in [4.78, 5) is 91.9. The highest BCUT2D eigenvalue weighted by atomic mass is 16.5. The molecular weight excluding hydrogens is 887 g/mol. The minimum Gasteiger partial charge on any atom is -0.484 e. The first-order valence-electron chi connectivity index (χ1n) is 23.1. The number of fused-ring (bicyclic) bond motifs is 17. The molecule has 2 aliphatic heterocycles. The highest BCUT2D eigenvalue weighted by Gasteiger charge is 2.34. The second-order valence-electron chi connectivity index (χ2n) is 17.3. The Kier molecular flexibility index (Phi) is 15.7. The fourth-order valence-electron chi connectivity index (χ4n) is 8.46. The third-order valence-corrected chi connectivity index (χ3v) is 12.3. The molecule has 70 heavy (non-hydrogen) atoms. The van der Waals surface area contributed by atoms with E-state index in [0.29, 0.717) is 34.4 Å². The van der Waals surface area contributed by atoms with Gasteiger partial charge in [0.2, 0.25) is 23.6 Å². The van der Waals surface area contributed by atoms with E-state index in [9.17, 15) is 33.9 Å². The summed E-state index contributed by atoms with van der Waals surface area (Å²) in [5.74, 6) is -4.38. The predicted molar refractivity (Wildman–Crippen MR) is 263 cm³/mol. The van der Waals surface area contributed by atoms with Gasteiger partial charge in [-0.05, 0) is 82.1 Å². The number of aromatic nitrogens is 2. The maximum Gasteiger partial charge on any atom is 0.326 e. The normalized spacial score (nSPS) is 18.4. The molecule has 0 spiro atoms. The highest BCUT2D eigenvalue weighted by Crippen LogP contribution is 2.22. The number of pyridine rings is 1. The lowest BCUT2D eigenvalue weighted by Crippen LogP contribution is -2.60. The van der Waals surface area contributed by atoms with Crippen molar-refractivity contribution in [1.29, 1.82) is 0 Å². The largest absolute Gasteiger partial charge is 0.484 e. The number of aryl methyl sites for hydroxylation is 1. The number of rotatable bonds is 13. The van der Waals surface area contributed by atoms with Gasteiger partial charge < -0.3 is 41.4 Å². The van der Waals surface area contributed by atoms with Crippen LogP contribution in [0.5, 0.6) is 5.75 Å². The number of hydrogen-bond acceptors (Lipinski definition) is 8. The summed E-state index contributed by atoms with van der Waals surface area (Å²) in [6.45, 7) is -0.451. The van der Waals surface area contributed by atoms with Crippen molar-refractivity contribution in [2.75, 3.05) is 6.61 Å². The lowest BCUT2D eigenvalue weighted by Gasteiger charge is -2.27. The summed E-state index contributed by atoms with van der Waals surface area (Å²) < 4.78 is 5.82. The van der Waals surface area contributed by atoms with Crippen molar-refractivity contribution in [2.45, 2.75) is 68.7 Å². The van der Waals surface area contributed by atoms with Crippen molar-refractivity contribution in [3.8, 4) is 16.9 Å². The van der Waals surface area contributed by atoms with Crippen LogP contribution in [0.3, 0.4) is 0 Å². The number of aliphatic carboxylic acids is 1. The average molecular weight is 940 g/mol. The lowest BCUT2D eigenvalue weighted by atomic mass is 9.98. The van der Waals surface area contributed by atoms with E-state index in [-0.39, 0.29) is 32.1 Å². The Bertz CT molecular complexity index is 2910. The SMILES string of the molecule is O=C1COc2ccc(cc2)C[C@@H](C(=O)N[C@H](CCc2ccccc2)C(=O)O)NC(=O)[C@H](Cc2c[nH]c3ccccc23)NC(=O)[C@@H](Cc2ccc(-c3ccccc3)cc2)NC(=O)[C@H](Cc2ccncc2)N1. The number of carbonyl (C=O) groups excluding carboxylic acids is 5. The number of carboxylic acid groups (broad SMARTS) is 1. The zero-order valence-corrected chi connectivity index (χ0v) is 38.2. The minimum absolute atomic E-state index is 0.00826. The summed E-state index contributed by atoms with van der Waals surface area (Å²) in [5.41, 5.74) is 6.28. The van der Waals surface area contributed by atoms with Gasteiger partial charge in [-0.2, -0.15) is 0 Å². The standard InChI is InChI=1S/C55H53N7O8/c63-50-34-70-42-22-17-37(18-23-42)30-47(52(65)59-45(55(68)69)24-19-35-9-3-1-4-10-35)61-54(67)49(32-41-33-57-44-14-8-7-13-43(41)44)62-53(66)48(60-51(64)46(58-50)31-38-25-27-56-28-26-38)29-36-15-20-40(21-16-36)39-11-5-2-6-12-39/h1-18,20-23,25-28,33,45-49,57H,19,24,29-32,34H2,(H,58,63)(H,59,65)(H,60,64)(H,61,67)(H,62,66)(H,68,69)/t45-,46+,47+,48-,49+/m1/s1. The van der Waals surface area contributed by atoms with E-state index in [1.54, 1.807) is 55.0 Å². The molecule has 5 atom stereocenters. The van der Waals surface area contributed by atoms with E-state index >= 15 is 0 Å². The number of carbonyl (C=O) groups is 6. The van der Waals surface area contributed by atoms with E-state index in [4.69, 9.17) is 4.74 Å². The Morgan fingerprint density at radius 1 is 0.629 bits per heavy atom. The first-order chi connectivity index (χ1) is 34.0. The van der Waals surface area contributed by atoms with Crippen LogP contribution in [0.2, 0.25) is 0 Å². The smallest absolute Gasteiger partial charge is 0.326 e. The number of benzene rings is 5. The van der Waals surface area contributed by atoms with Gasteiger partial charge in [0.05, 0.1) is 0 Å².